The minimum atomic E-state index is -0.215. The number of hydroxylamine groups is 1. The van der Waals surface area contributed by atoms with Gasteiger partial charge in [-0.25, -0.2) is 0 Å². The molecule has 3 atom stereocenters. The number of carbonyl (C=O) groups is 1. The minimum Gasteiger partial charge on any atom is -0.392 e. The van der Waals surface area contributed by atoms with Crippen molar-refractivity contribution < 1.29 is 14.7 Å². The molecule has 2 aromatic carbocycles. The largest absolute Gasteiger partial charge is 0.392 e. The summed E-state index contributed by atoms with van der Waals surface area (Å²) in [6.45, 7) is 2.18. The summed E-state index contributed by atoms with van der Waals surface area (Å²) in [7, 11) is 0. The molecule has 1 amide bonds. The normalized spacial score (nSPS) is 27.6. The van der Waals surface area contributed by atoms with Crippen LogP contribution < -0.4 is 16.1 Å². The van der Waals surface area contributed by atoms with E-state index in [1.807, 2.05) is 12.1 Å². The second-order valence-corrected chi connectivity index (χ2v) is 10.7. The summed E-state index contributed by atoms with van der Waals surface area (Å²) in [5.74, 6) is 0.460. The van der Waals surface area contributed by atoms with E-state index in [0.29, 0.717) is 11.5 Å². The number of aliphatic hydroxyl groups is 1. The van der Waals surface area contributed by atoms with Crippen molar-refractivity contribution in [2.45, 2.75) is 95.7 Å². The van der Waals surface area contributed by atoms with Crippen LogP contribution in [-0.2, 0) is 17.9 Å². The van der Waals surface area contributed by atoms with Crippen LogP contribution in [0.3, 0.4) is 0 Å². The molecule has 0 bridgehead atoms. The van der Waals surface area contributed by atoms with Gasteiger partial charge in [0.05, 0.1) is 18.3 Å². The molecule has 1 aliphatic heterocycles. The summed E-state index contributed by atoms with van der Waals surface area (Å²) in [5, 5.41) is 16.3. The van der Waals surface area contributed by atoms with Gasteiger partial charge in [0, 0.05) is 5.56 Å². The number of hydrogen-bond donors (Lipinski definition) is 4. The summed E-state index contributed by atoms with van der Waals surface area (Å²) in [6.07, 6.45) is 12.1. The highest BCUT2D eigenvalue weighted by molar-refractivity contribution is 5.94. The zero-order valence-corrected chi connectivity index (χ0v) is 20.8. The summed E-state index contributed by atoms with van der Waals surface area (Å²) in [6, 6.07) is 13.7. The molecule has 6 heteroatoms. The summed E-state index contributed by atoms with van der Waals surface area (Å²) in [5.41, 5.74) is 8.07. The van der Waals surface area contributed by atoms with Gasteiger partial charge in [0.25, 0.3) is 5.91 Å². The molecular formula is C29H39N3O3. The first kappa shape index (κ1) is 24.4. The Morgan fingerprint density at radius 2 is 1.83 bits per heavy atom. The first-order valence-corrected chi connectivity index (χ1v) is 13.4. The number of hydrogen-bond acceptors (Lipinski definition) is 5. The van der Waals surface area contributed by atoms with Crippen molar-refractivity contribution in [3.63, 3.8) is 0 Å². The van der Waals surface area contributed by atoms with Crippen molar-refractivity contribution in [1.29, 1.82) is 0 Å². The van der Waals surface area contributed by atoms with Crippen molar-refractivity contribution in [3.8, 4) is 0 Å². The number of aryl methyl sites for hydroxylation is 1. The molecule has 4 N–H and O–H groups in total. The highest BCUT2D eigenvalue weighted by Gasteiger charge is 2.42. The van der Waals surface area contributed by atoms with E-state index in [-0.39, 0.29) is 30.4 Å². The van der Waals surface area contributed by atoms with Crippen molar-refractivity contribution in [3.05, 3.63) is 70.3 Å². The maximum Gasteiger partial charge on any atom is 0.251 e. The third kappa shape index (κ3) is 5.46. The molecule has 1 saturated heterocycles. The Morgan fingerprint density at radius 1 is 1.06 bits per heavy atom. The fraction of sp³-hybridized carbons (Fsp3) is 0.552. The SMILES string of the molecule is CC1(C2CCCCCCCC2)NOC(c2ccc3c(c2)CC[C@H]3NC(=O)c2cccc(CO)c2)N1. The van der Waals surface area contributed by atoms with Gasteiger partial charge in [0.15, 0.2) is 6.23 Å². The molecule has 3 aliphatic rings. The van der Waals surface area contributed by atoms with Gasteiger partial charge in [-0.3, -0.25) is 14.9 Å². The summed E-state index contributed by atoms with van der Waals surface area (Å²) < 4.78 is 0. The zero-order valence-electron chi connectivity index (χ0n) is 20.8. The van der Waals surface area contributed by atoms with Crippen molar-refractivity contribution in [1.82, 2.24) is 16.1 Å². The standard InChI is InChI=1S/C29H39N3O3/c1-29(24-11-6-4-2-3-5-7-12-24)31-28(35-32-29)23-13-15-25-21(18-23)14-16-26(25)30-27(34)22-10-8-9-20(17-22)19-33/h8-10,13,15,17-18,24,26,28,31-33H,2-7,11-12,14,16,19H2,1H3,(H,30,34)/t26-,28?,29?/m1/s1. The molecule has 0 spiro atoms. The number of aliphatic hydroxyl groups excluding tert-OH is 1. The van der Waals surface area contributed by atoms with Crippen LogP contribution in [0.2, 0.25) is 0 Å². The van der Waals surface area contributed by atoms with E-state index in [0.717, 1.165) is 24.0 Å². The quantitative estimate of drug-likeness (QED) is 0.477. The number of benzene rings is 2. The third-order valence-corrected chi connectivity index (χ3v) is 8.22. The molecular weight excluding hydrogens is 438 g/mol. The van der Waals surface area contributed by atoms with E-state index in [1.165, 1.54) is 62.5 Å². The maximum atomic E-state index is 12.8. The van der Waals surface area contributed by atoms with E-state index >= 15 is 0 Å². The first-order chi connectivity index (χ1) is 17.1. The number of nitrogens with one attached hydrogen (secondary N) is 3. The molecule has 2 aliphatic carbocycles. The molecule has 6 nitrogen and oxygen atoms in total. The van der Waals surface area contributed by atoms with Gasteiger partial charge in [0.1, 0.15) is 0 Å². The molecule has 188 valence electrons. The van der Waals surface area contributed by atoms with Gasteiger partial charge < -0.3 is 10.4 Å². The lowest BCUT2D eigenvalue weighted by molar-refractivity contribution is 0.0000975. The van der Waals surface area contributed by atoms with Crippen LogP contribution in [0, 0.1) is 5.92 Å². The minimum absolute atomic E-state index is 0.00374. The fourth-order valence-electron chi connectivity index (χ4n) is 6.08. The average Bonchev–Trinajstić information content (AvgIpc) is 3.50. The Bertz CT molecular complexity index is 1030. The predicted octanol–water partition coefficient (Wildman–Crippen LogP) is 5.19. The lowest BCUT2D eigenvalue weighted by atomic mass is 9.85. The third-order valence-electron chi connectivity index (χ3n) is 8.22. The van der Waals surface area contributed by atoms with E-state index < -0.39 is 0 Å². The van der Waals surface area contributed by atoms with Gasteiger partial charge in [0.2, 0.25) is 0 Å². The van der Waals surface area contributed by atoms with Crippen LogP contribution in [-0.4, -0.2) is 16.7 Å². The first-order valence-electron chi connectivity index (χ1n) is 13.4. The molecule has 2 unspecified atom stereocenters. The Balaban J connectivity index is 1.24. The number of amides is 1. The molecule has 35 heavy (non-hydrogen) atoms. The average molecular weight is 478 g/mol. The monoisotopic (exact) mass is 477 g/mol. The Morgan fingerprint density at radius 3 is 2.60 bits per heavy atom. The molecule has 1 saturated carbocycles. The lowest BCUT2D eigenvalue weighted by Gasteiger charge is -2.33. The van der Waals surface area contributed by atoms with E-state index in [2.05, 4.69) is 41.2 Å². The Labute approximate surface area is 208 Å². The van der Waals surface area contributed by atoms with Crippen LogP contribution >= 0.6 is 0 Å². The van der Waals surface area contributed by atoms with E-state index in [4.69, 9.17) is 4.84 Å². The highest BCUT2D eigenvalue weighted by Crippen LogP contribution is 2.37. The fourth-order valence-corrected chi connectivity index (χ4v) is 6.08. The van der Waals surface area contributed by atoms with E-state index in [9.17, 15) is 9.90 Å². The highest BCUT2D eigenvalue weighted by atomic mass is 16.7. The van der Waals surface area contributed by atoms with Crippen molar-refractivity contribution in [2.75, 3.05) is 0 Å². The summed E-state index contributed by atoms with van der Waals surface area (Å²) >= 11 is 0. The molecule has 1 heterocycles. The van der Waals surface area contributed by atoms with Crippen LogP contribution in [0.5, 0.6) is 0 Å². The maximum absolute atomic E-state index is 12.8. The van der Waals surface area contributed by atoms with E-state index in [1.54, 1.807) is 12.1 Å². The second-order valence-electron chi connectivity index (χ2n) is 10.7. The van der Waals surface area contributed by atoms with Crippen LogP contribution in [0.4, 0.5) is 0 Å². The van der Waals surface area contributed by atoms with Crippen molar-refractivity contribution >= 4 is 5.91 Å². The van der Waals surface area contributed by atoms with Crippen molar-refractivity contribution in [2.24, 2.45) is 5.92 Å². The smallest absolute Gasteiger partial charge is 0.251 e. The second kappa shape index (κ2) is 10.8. The van der Waals surface area contributed by atoms with Gasteiger partial charge in [-0.15, -0.1) is 0 Å². The van der Waals surface area contributed by atoms with Gasteiger partial charge >= 0.3 is 0 Å². The van der Waals surface area contributed by atoms with Gasteiger partial charge in [-0.05, 0) is 72.9 Å². The molecule has 2 fully saturated rings. The molecule has 5 rings (SSSR count). The van der Waals surface area contributed by atoms with Crippen LogP contribution in [0.25, 0.3) is 0 Å². The molecule has 0 radical (unpaired) electrons. The number of carbonyl (C=O) groups excluding carboxylic acids is 1. The Hall–Kier alpha value is -2.25. The zero-order chi connectivity index (χ0) is 24.3. The molecule has 0 aromatic heterocycles. The van der Waals surface area contributed by atoms with Gasteiger partial charge in [-0.2, -0.15) is 5.48 Å². The topological polar surface area (TPSA) is 82.6 Å². The number of rotatable bonds is 5. The molecule has 2 aromatic rings. The summed E-state index contributed by atoms with van der Waals surface area (Å²) in [4.78, 5) is 18.9. The Kier molecular flexibility index (Phi) is 7.54. The lowest BCUT2D eigenvalue weighted by Crippen LogP contribution is -2.52. The van der Waals surface area contributed by atoms with Crippen LogP contribution in [0.1, 0.15) is 110 Å². The predicted molar refractivity (Wildman–Crippen MR) is 136 cm³/mol. The van der Waals surface area contributed by atoms with Gasteiger partial charge in [-0.1, -0.05) is 68.9 Å². The van der Waals surface area contributed by atoms with Crippen LogP contribution in [0.15, 0.2) is 42.5 Å². The number of fused-ring (bicyclic) bond motifs is 1.